The minimum atomic E-state index is -0.275. The Morgan fingerprint density at radius 3 is 2.35 bits per heavy atom. The van der Waals surface area contributed by atoms with Crippen molar-refractivity contribution < 1.29 is 14.1 Å². The van der Waals surface area contributed by atoms with Gasteiger partial charge in [0, 0.05) is 0 Å². The lowest BCUT2D eigenvalue weighted by Gasteiger charge is -2.20. The molecule has 2 aromatic carbocycles. The fourth-order valence-electron chi connectivity index (χ4n) is 3.32. The van der Waals surface area contributed by atoms with Crippen molar-refractivity contribution in [2.45, 2.75) is 66.5 Å². The molecule has 3 aromatic rings. The van der Waals surface area contributed by atoms with Gasteiger partial charge in [-0.3, -0.25) is 4.79 Å². The van der Waals surface area contributed by atoms with Crippen molar-refractivity contribution in [3.8, 4) is 5.75 Å². The van der Waals surface area contributed by atoms with Crippen LogP contribution in [0, 0.1) is 20.8 Å². The molecule has 0 aliphatic rings. The summed E-state index contributed by atoms with van der Waals surface area (Å²) in [5.74, 6) is 1.06. The van der Waals surface area contributed by atoms with Crippen LogP contribution in [0.3, 0.4) is 0 Å². The summed E-state index contributed by atoms with van der Waals surface area (Å²) in [5, 5.41) is 7.01. The molecule has 0 fully saturated rings. The highest BCUT2D eigenvalue weighted by atomic mass is 16.5. The number of benzene rings is 2. The molecule has 1 heterocycles. The first-order valence-corrected chi connectivity index (χ1v) is 10.6. The number of aryl methyl sites for hydroxylation is 3. The van der Waals surface area contributed by atoms with E-state index in [1.54, 1.807) is 6.92 Å². The lowest BCUT2D eigenvalue weighted by atomic mass is 9.86. The number of hydrogen-bond acceptors (Lipinski definition) is 4. The van der Waals surface area contributed by atoms with Crippen molar-refractivity contribution in [3.63, 3.8) is 0 Å². The molecule has 1 atom stereocenters. The van der Waals surface area contributed by atoms with Crippen molar-refractivity contribution in [2.24, 2.45) is 0 Å². The maximum absolute atomic E-state index is 12.9. The van der Waals surface area contributed by atoms with E-state index in [1.165, 1.54) is 11.1 Å². The summed E-state index contributed by atoms with van der Waals surface area (Å²) in [6.45, 7) is 14.6. The zero-order valence-electron chi connectivity index (χ0n) is 19.5. The highest BCUT2D eigenvalue weighted by molar-refractivity contribution is 5.94. The fourth-order valence-corrected chi connectivity index (χ4v) is 3.32. The van der Waals surface area contributed by atoms with Gasteiger partial charge in [0.1, 0.15) is 18.1 Å². The molecule has 1 N–H and O–H groups in total. The molecule has 0 aliphatic carbocycles. The summed E-state index contributed by atoms with van der Waals surface area (Å²) in [5.41, 5.74) is 5.67. The van der Waals surface area contributed by atoms with Crippen LogP contribution in [-0.2, 0) is 12.0 Å². The lowest BCUT2D eigenvalue weighted by Crippen LogP contribution is -2.28. The van der Waals surface area contributed by atoms with Gasteiger partial charge < -0.3 is 14.6 Å². The van der Waals surface area contributed by atoms with Crippen molar-refractivity contribution >= 4 is 5.91 Å². The summed E-state index contributed by atoms with van der Waals surface area (Å²) >= 11 is 0. The van der Waals surface area contributed by atoms with Crippen LogP contribution in [0.5, 0.6) is 5.75 Å². The smallest absolute Gasteiger partial charge is 0.274 e. The number of amides is 1. The second-order valence-corrected chi connectivity index (χ2v) is 9.17. The molecule has 1 unspecified atom stereocenters. The second kappa shape index (κ2) is 8.96. The van der Waals surface area contributed by atoms with Crippen LogP contribution in [0.2, 0.25) is 0 Å². The SMILES string of the molecule is Cc1ccc(OCc2c(C(=O)NC(C)c3ccc(C(C)(C)C)cc3)noc2C)cc1C. The van der Waals surface area contributed by atoms with E-state index in [2.05, 4.69) is 62.4 Å². The minimum absolute atomic E-state index is 0.0914. The Hall–Kier alpha value is -3.08. The monoisotopic (exact) mass is 420 g/mol. The predicted molar refractivity (Wildman–Crippen MR) is 123 cm³/mol. The van der Waals surface area contributed by atoms with Gasteiger partial charge in [0.25, 0.3) is 5.91 Å². The lowest BCUT2D eigenvalue weighted by molar-refractivity contribution is 0.0928. The zero-order valence-corrected chi connectivity index (χ0v) is 19.5. The van der Waals surface area contributed by atoms with Gasteiger partial charge in [0.2, 0.25) is 0 Å². The van der Waals surface area contributed by atoms with Crippen molar-refractivity contribution in [1.29, 1.82) is 0 Å². The summed E-state index contributed by atoms with van der Waals surface area (Å²) in [4.78, 5) is 12.9. The molecule has 0 saturated carbocycles. The number of nitrogens with zero attached hydrogens (tertiary/aromatic N) is 1. The van der Waals surface area contributed by atoms with Crippen LogP contribution < -0.4 is 10.1 Å². The van der Waals surface area contributed by atoms with Gasteiger partial charge in [-0.2, -0.15) is 0 Å². The number of carbonyl (C=O) groups excluding carboxylic acids is 1. The van der Waals surface area contributed by atoms with E-state index in [0.717, 1.165) is 16.9 Å². The maximum Gasteiger partial charge on any atom is 0.274 e. The first-order valence-electron chi connectivity index (χ1n) is 10.6. The molecule has 3 rings (SSSR count). The standard InChI is InChI=1S/C26H32N2O3/c1-16-8-13-22(14-17(16)2)30-15-23-19(4)31-28-24(23)25(29)27-18(3)20-9-11-21(12-10-20)26(5,6)7/h8-14,18H,15H2,1-7H3,(H,27,29). The van der Waals surface area contributed by atoms with Crippen LogP contribution in [-0.4, -0.2) is 11.1 Å². The number of carbonyl (C=O) groups is 1. The minimum Gasteiger partial charge on any atom is -0.489 e. The number of ether oxygens (including phenoxy) is 1. The van der Waals surface area contributed by atoms with E-state index >= 15 is 0 Å². The zero-order chi connectivity index (χ0) is 22.8. The molecule has 1 aromatic heterocycles. The van der Waals surface area contributed by atoms with Gasteiger partial charge in [-0.05, 0) is 67.5 Å². The third-order valence-electron chi connectivity index (χ3n) is 5.69. The first kappa shape index (κ1) is 22.6. The molecule has 0 radical (unpaired) electrons. The molecule has 5 heteroatoms. The molecule has 31 heavy (non-hydrogen) atoms. The molecule has 0 aliphatic heterocycles. The summed E-state index contributed by atoms with van der Waals surface area (Å²) in [6, 6.07) is 14.1. The molecule has 0 bridgehead atoms. The average Bonchev–Trinajstić information content (AvgIpc) is 3.09. The molecule has 164 valence electrons. The Morgan fingerprint density at radius 1 is 1.06 bits per heavy atom. The quantitative estimate of drug-likeness (QED) is 0.534. The van der Waals surface area contributed by atoms with E-state index in [0.29, 0.717) is 11.3 Å². The van der Waals surface area contributed by atoms with Crippen LogP contribution in [0.1, 0.15) is 77.8 Å². The number of aromatic nitrogens is 1. The topological polar surface area (TPSA) is 64.4 Å². The maximum atomic E-state index is 12.9. The van der Waals surface area contributed by atoms with Crippen molar-refractivity contribution in [1.82, 2.24) is 10.5 Å². The molecular formula is C26H32N2O3. The number of rotatable bonds is 6. The van der Waals surface area contributed by atoms with Gasteiger partial charge in [-0.1, -0.05) is 56.3 Å². The Balaban J connectivity index is 1.70. The van der Waals surface area contributed by atoms with E-state index in [4.69, 9.17) is 9.26 Å². The van der Waals surface area contributed by atoms with Gasteiger partial charge in [-0.15, -0.1) is 0 Å². The van der Waals surface area contributed by atoms with E-state index in [9.17, 15) is 4.79 Å². The van der Waals surface area contributed by atoms with Gasteiger partial charge in [-0.25, -0.2) is 0 Å². The third-order valence-corrected chi connectivity index (χ3v) is 5.69. The fraction of sp³-hybridized carbons (Fsp3) is 0.385. The molecule has 0 spiro atoms. The second-order valence-electron chi connectivity index (χ2n) is 9.17. The third kappa shape index (κ3) is 5.35. The number of hydrogen-bond donors (Lipinski definition) is 1. The van der Waals surface area contributed by atoms with Crippen molar-refractivity contribution in [3.05, 3.63) is 81.7 Å². The molecule has 0 saturated heterocycles. The van der Waals surface area contributed by atoms with Crippen LogP contribution >= 0.6 is 0 Å². The van der Waals surface area contributed by atoms with Crippen LogP contribution in [0.15, 0.2) is 47.0 Å². The summed E-state index contributed by atoms with van der Waals surface area (Å²) < 4.78 is 11.2. The molecule has 1 amide bonds. The Kier molecular flexibility index (Phi) is 6.54. The van der Waals surface area contributed by atoms with E-state index in [-0.39, 0.29) is 29.7 Å². The van der Waals surface area contributed by atoms with E-state index in [1.807, 2.05) is 32.0 Å². The van der Waals surface area contributed by atoms with E-state index < -0.39 is 0 Å². The number of nitrogens with one attached hydrogen (secondary N) is 1. The largest absolute Gasteiger partial charge is 0.489 e. The Labute approximate surface area is 184 Å². The van der Waals surface area contributed by atoms with Crippen LogP contribution in [0.4, 0.5) is 0 Å². The Morgan fingerprint density at radius 2 is 1.74 bits per heavy atom. The van der Waals surface area contributed by atoms with Crippen molar-refractivity contribution in [2.75, 3.05) is 0 Å². The highest BCUT2D eigenvalue weighted by Gasteiger charge is 2.22. The highest BCUT2D eigenvalue weighted by Crippen LogP contribution is 2.25. The van der Waals surface area contributed by atoms with Gasteiger partial charge in [0.15, 0.2) is 5.69 Å². The summed E-state index contributed by atoms with van der Waals surface area (Å²) in [7, 11) is 0. The molecular weight excluding hydrogens is 388 g/mol. The predicted octanol–water partition coefficient (Wildman–Crippen LogP) is 5.97. The summed E-state index contributed by atoms with van der Waals surface area (Å²) in [6.07, 6.45) is 0. The van der Waals surface area contributed by atoms with Crippen LogP contribution in [0.25, 0.3) is 0 Å². The van der Waals surface area contributed by atoms with Gasteiger partial charge >= 0.3 is 0 Å². The average molecular weight is 421 g/mol. The first-order chi connectivity index (χ1) is 14.6. The normalized spacial score (nSPS) is 12.5. The van der Waals surface area contributed by atoms with Gasteiger partial charge in [0.05, 0.1) is 11.6 Å². The molecule has 5 nitrogen and oxygen atoms in total. The Bertz CT molecular complexity index is 1060.